The maximum atomic E-state index is 6.01. The van der Waals surface area contributed by atoms with E-state index in [0.717, 1.165) is 18.7 Å². The third kappa shape index (κ3) is 3.21. The Morgan fingerprint density at radius 2 is 2.06 bits per heavy atom. The lowest BCUT2D eigenvalue weighted by molar-refractivity contribution is 0.460. The molecule has 1 aromatic heterocycles. The van der Waals surface area contributed by atoms with E-state index >= 15 is 0 Å². The van der Waals surface area contributed by atoms with Gasteiger partial charge in [-0.05, 0) is 18.4 Å². The Labute approximate surface area is 95.3 Å². The number of benzene rings is 1. The van der Waals surface area contributed by atoms with Gasteiger partial charge in [0.05, 0.1) is 6.20 Å². The van der Waals surface area contributed by atoms with Crippen molar-refractivity contribution in [3.63, 3.8) is 0 Å². The molecule has 3 nitrogen and oxygen atoms in total. The van der Waals surface area contributed by atoms with Crippen molar-refractivity contribution in [3.05, 3.63) is 54.2 Å². The summed E-state index contributed by atoms with van der Waals surface area (Å²) in [6, 6.07) is 10.5. The summed E-state index contributed by atoms with van der Waals surface area (Å²) >= 11 is 0. The fourth-order valence-electron chi connectivity index (χ4n) is 1.68. The third-order valence-electron chi connectivity index (χ3n) is 2.57. The lowest BCUT2D eigenvalue weighted by Crippen LogP contribution is -2.23. The van der Waals surface area contributed by atoms with Gasteiger partial charge in [0.1, 0.15) is 6.26 Å². The van der Waals surface area contributed by atoms with Crippen molar-refractivity contribution >= 4 is 0 Å². The van der Waals surface area contributed by atoms with Crippen LogP contribution < -0.4 is 5.73 Å². The van der Waals surface area contributed by atoms with Gasteiger partial charge < -0.3 is 10.2 Å². The first-order chi connectivity index (χ1) is 7.84. The maximum absolute atomic E-state index is 6.01. The molecule has 0 radical (unpaired) electrons. The molecular formula is C13H16N2O. The van der Waals surface area contributed by atoms with Crippen molar-refractivity contribution in [2.24, 2.45) is 5.73 Å². The Hall–Kier alpha value is -1.61. The number of nitrogens with zero attached hydrogens (tertiary/aromatic N) is 1. The van der Waals surface area contributed by atoms with Gasteiger partial charge in [-0.3, -0.25) is 0 Å². The Kier molecular flexibility index (Phi) is 3.72. The first-order valence-electron chi connectivity index (χ1n) is 5.52. The normalized spacial score (nSPS) is 12.6. The van der Waals surface area contributed by atoms with Gasteiger partial charge in [0, 0.05) is 12.5 Å². The van der Waals surface area contributed by atoms with E-state index in [2.05, 4.69) is 29.2 Å². The number of nitrogens with two attached hydrogens (primary N) is 1. The molecule has 0 saturated carbocycles. The van der Waals surface area contributed by atoms with Crippen LogP contribution in [0.2, 0.25) is 0 Å². The largest absolute Gasteiger partial charge is 0.449 e. The molecule has 2 rings (SSSR count). The van der Waals surface area contributed by atoms with Gasteiger partial charge in [-0.2, -0.15) is 0 Å². The molecule has 0 aliphatic rings. The molecule has 1 unspecified atom stereocenters. The number of rotatable bonds is 5. The second-order valence-electron chi connectivity index (χ2n) is 3.91. The van der Waals surface area contributed by atoms with Gasteiger partial charge in [0.25, 0.3) is 0 Å². The van der Waals surface area contributed by atoms with Crippen LogP contribution in [0.3, 0.4) is 0 Å². The summed E-state index contributed by atoms with van der Waals surface area (Å²) < 4.78 is 5.17. The number of oxazole rings is 1. The molecular weight excluding hydrogens is 200 g/mol. The smallest absolute Gasteiger partial charge is 0.195 e. The van der Waals surface area contributed by atoms with Crippen LogP contribution in [0.15, 0.2) is 47.2 Å². The predicted octanol–water partition coefficient (Wildman–Crippen LogP) is 2.18. The Morgan fingerprint density at radius 3 is 2.75 bits per heavy atom. The average molecular weight is 216 g/mol. The third-order valence-corrected chi connectivity index (χ3v) is 2.57. The van der Waals surface area contributed by atoms with Gasteiger partial charge in [-0.25, -0.2) is 4.98 Å². The summed E-state index contributed by atoms with van der Waals surface area (Å²) in [4.78, 5) is 4.06. The standard InChI is InChI=1S/C13H16N2O/c14-12(10-13-15-8-9-16-13)7-6-11-4-2-1-3-5-11/h1-5,8-9,12H,6-7,10,14H2. The molecule has 2 N–H and O–H groups in total. The van der Waals surface area contributed by atoms with Crippen LogP contribution in [-0.2, 0) is 12.8 Å². The molecule has 84 valence electrons. The molecule has 3 heteroatoms. The molecule has 2 aromatic rings. The van der Waals surface area contributed by atoms with Crippen LogP contribution in [0.25, 0.3) is 0 Å². The van der Waals surface area contributed by atoms with E-state index in [4.69, 9.17) is 10.2 Å². The summed E-state index contributed by atoms with van der Waals surface area (Å²) in [7, 11) is 0. The first-order valence-corrected chi connectivity index (χ1v) is 5.52. The highest BCUT2D eigenvalue weighted by Gasteiger charge is 2.07. The molecule has 0 amide bonds. The maximum Gasteiger partial charge on any atom is 0.195 e. The van der Waals surface area contributed by atoms with Crippen molar-refractivity contribution in [3.8, 4) is 0 Å². The highest BCUT2D eigenvalue weighted by Crippen LogP contribution is 2.07. The molecule has 1 aromatic carbocycles. The molecule has 0 bridgehead atoms. The zero-order chi connectivity index (χ0) is 11.2. The van der Waals surface area contributed by atoms with Crippen LogP contribution in [0.4, 0.5) is 0 Å². The predicted molar refractivity (Wildman–Crippen MR) is 62.9 cm³/mol. The minimum Gasteiger partial charge on any atom is -0.449 e. The van der Waals surface area contributed by atoms with Gasteiger partial charge >= 0.3 is 0 Å². The molecule has 1 atom stereocenters. The van der Waals surface area contributed by atoms with Gasteiger partial charge in [-0.15, -0.1) is 0 Å². The quantitative estimate of drug-likeness (QED) is 0.833. The molecule has 0 aliphatic carbocycles. The molecule has 0 saturated heterocycles. The Balaban J connectivity index is 1.78. The lowest BCUT2D eigenvalue weighted by Gasteiger charge is -2.08. The van der Waals surface area contributed by atoms with E-state index in [1.807, 2.05) is 6.07 Å². The van der Waals surface area contributed by atoms with E-state index < -0.39 is 0 Å². The average Bonchev–Trinajstić information content (AvgIpc) is 2.81. The monoisotopic (exact) mass is 216 g/mol. The van der Waals surface area contributed by atoms with Crippen LogP contribution in [0, 0.1) is 0 Å². The summed E-state index contributed by atoms with van der Waals surface area (Å²) in [5.74, 6) is 0.723. The SMILES string of the molecule is NC(CCc1ccccc1)Cc1ncco1. The number of aryl methyl sites for hydroxylation is 1. The number of aromatic nitrogens is 1. The van der Waals surface area contributed by atoms with Crippen molar-refractivity contribution in [2.45, 2.75) is 25.3 Å². The van der Waals surface area contributed by atoms with Crippen molar-refractivity contribution in [1.82, 2.24) is 4.98 Å². The molecule has 0 fully saturated rings. The van der Waals surface area contributed by atoms with E-state index in [1.165, 1.54) is 5.56 Å². The van der Waals surface area contributed by atoms with E-state index in [9.17, 15) is 0 Å². The molecule has 1 heterocycles. The highest BCUT2D eigenvalue weighted by molar-refractivity contribution is 5.14. The topological polar surface area (TPSA) is 52.0 Å². The second kappa shape index (κ2) is 5.47. The van der Waals surface area contributed by atoms with E-state index in [-0.39, 0.29) is 6.04 Å². The Morgan fingerprint density at radius 1 is 1.25 bits per heavy atom. The van der Waals surface area contributed by atoms with Crippen molar-refractivity contribution < 1.29 is 4.42 Å². The van der Waals surface area contributed by atoms with Gasteiger partial charge in [0.2, 0.25) is 0 Å². The molecule has 0 spiro atoms. The van der Waals surface area contributed by atoms with Crippen LogP contribution >= 0.6 is 0 Å². The fourth-order valence-corrected chi connectivity index (χ4v) is 1.68. The van der Waals surface area contributed by atoms with Crippen molar-refractivity contribution in [1.29, 1.82) is 0 Å². The van der Waals surface area contributed by atoms with Crippen LogP contribution in [-0.4, -0.2) is 11.0 Å². The molecule has 16 heavy (non-hydrogen) atoms. The lowest BCUT2D eigenvalue weighted by atomic mass is 10.0. The number of hydrogen-bond acceptors (Lipinski definition) is 3. The zero-order valence-electron chi connectivity index (χ0n) is 9.17. The van der Waals surface area contributed by atoms with Crippen LogP contribution in [0.5, 0.6) is 0 Å². The zero-order valence-corrected chi connectivity index (χ0v) is 9.17. The minimum atomic E-state index is 0.110. The summed E-state index contributed by atoms with van der Waals surface area (Å²) in [6.45, 7) is 0. The second-order valence-corrected chi connectivity index (χ2v) is 3.91. The first kappa shape index (κ1) is 10.9. The van der Waals surface area contributed by atoms with Crippen LogP contribution in [0.1, 0.15) is 17.9 Å². The fraction of sp³-hybridized carbons (Fsp3) is 0.308. The Bertz CT molecular complexity index is 397. The molecule has 0 aliphatic heterocycles. The van der Waals surface area contributed by atoms with E-state index in [1.54, 1.807) is 12.5 Å². The van der Waals surface area contributed by atoms with Gasteiger partial charge in [0.15, 0.2) is 5.89 Å². The minimum absolute atomic E-state index is 0.110. The van der Waals surface area contributed by atoms with Gasteiger partial charge in [-0.1, -0.05) is 30.3 Å². The van der Waals surface area contributed by atoms with E-state index in [0.29, 0.717) is 6.42 Å². The summed E-state index contributed by atoms with van der Waals surface area (Å²) in [5, 5.41) is 0. The van der Waals surface area contributed by atoms with Crippen molar-refractivity contribution in [2.75, 3.05) is 0 Å². The number of hydrogen-bond donors (Lipinski definition) is 1. The summed E-state index contributed by atoms with van der Waals surface area (Å²) in [5.41, 5.74) is 7.34. The highest BCUT2D eigenvalue weighted by atomic mass is 16.3. The summed E-state index contributed by atoms with van der Waals surface area (Å²) in [6.07, 6.45) is 5.90.